The minimum absolute atomic E-state index is 0.250. The van der Waals surface area contributed by atoms with Gasteiger partial charge in [0.05, 0.1) is 5.56 Å². The van der Waals surface area contributed by atoms with Crippen LogP contribution in [0.25, 0.3) is 0 Å². The van der Waals surface area contributed by atoms with E-state index in [4.69, 9.17) is 4.12 Å². The number of hydrogen-bond acceptors (Lipinski definition) is 2. The van der Waals surface area contributed by atoms with Crippen molar-refractivity contribution >= 4 is 53.7 Å². The highest BCUT2D eigenvalue weighted by Crippen LogP contribution is 2.19. The molecule has 0 spiro atoms. The van der Waals surface area contributed by atoms with Crippen LogP contribution in [0, 0.1) is 0 Å². The summed E-state index contributed by atoms with van der Waals surface area (Å²) in [5.41, 5.74) is 0.250. The van der Waals surface area contributed by atoms with E-state index in [0.717, 1.165) is 31.1 Å². The number of benzene rings is 6. The van der Waals surface area contributed by atoms with Gasteiger partial charge in [-0.1, -0.05) is 164 Å². The highest BCUT2D eigenvalue weighted by atomic mass is 28.4. The standard InChI is InChI=1S/C37H30O3Si2/c38-37(39)30-26-28-36(29-27-30)42(34-22-12-4-13-23-34,35-24-14-5-15-25-35)40-41(31-16-6-1-7-17-31,32-18-8-2-9-19-32)33-20-10-3-11-21-33/h1-29H,(H,38,39). The molecule has 204 valence electrons. The Hall–Kier alpha value is -4.82. The molecule has 5 heteroatoms. The molecule has 0 atom stereocenters. The third kappa shape index (κ3) is 4.94. The molecule has 0 saturated heterocycles. The molecule has 0 aromatic heterocycles. The molecule has 0 unspecified atom stereocenters. The highest BCUT2D eigenvalue weighted by Gasteiger charge is 2.52. The van der Waals surface area contributed by atoms with Gasteiger partial charge in [0.1, 0.15) is 0 Å². The topological polar surface area (TPSA) is 46.5 Å². The number of carboxylic acid groups (broad SMARTS) is 1. The van der Waals surface area contributed by atoms with Crippen molar-refractivity contribution in [3.05, 3.63) is 181 Å². The lowest BCUT2D eigenvalue weighted by molar-refractivity contribution is 0.0697. The summed E-state index contributed by atoms with van der Waals surface area (Å²) in [5, 5.41) is 16.4. The third-order valence-electron chi connectivity index (χ3n) is 7.75. The van der Waals surface area contributed by atoms with Gasteiger partial charge in [-0.15, -0.1) is 0 Å². The van der Waals surface area contributed by atoms with Crippen LogP contribution in [-0.4, -0.2) is 27.7 Å². The van der Waals surface area contributed by atoms with Gasteiger partial charge in [-0.25, -0.2) is 4.79 Å². The summed E-state index contributed by atoms with van der Waals surface area (Å²) in [5.74, 6) is -0.948. The van der Waals surface area contributed by atoms with E-state index in [1.54, 1.807) is 12.1 Å². The first-order valence-corrected chi connectivity index (χ1v) is 17.8. The molecule has 42 heavy (non-hydrogen) atoms. The van der Waals surface area contributed by atoms with Gasteiger partial charge in [0.2, 0.25) is 0 Å². The predicted molar refractivity (Wildman–Crippen MR) is 176 cm³/mol. The van der Waals surface area contributed by atoms with Crippen LogP contribution in [0.15, 0.2) is 176 Å². The van der Waals surface area contributed by atoms with Gasteiger partial charge in [0, 0.05) is 0 Å². The van der Waals surface area contributed by atoms with E-state index in [-0.39, 0.29) is 5.56 Å². The van der Waals surface area contributed by atoms with Crippen molar-refractivity contribution in [1.29, 1.82) is 0 Å². The van der Waals surface area contributed by atoms with Crippen molar-refractivity contribution in [2.75, 3.05) is 0 Å². The molecule has 0 heterocycles. The van der Waals surface area contributed by atoms with E-state index in [0.29, 0.717) is 0 Å². The first-order valence-electron chi connectivity index (χ1n) is 14.0. The quantitative estimate of drug-likeness (QED) is 0.208. The molecule has 1 N–H and O–H groups in total. The maximum Gasteiger partial charge on any atom is 0.335 e. The normalized spacial score (nSPS) is 11.6. The molecular weight excluding hydrogens is 549 g/mol. The number of rotatable bonds is 9. The minimum Gasteiger partial charge on any atom is -0.478 e. The molecule has 0 radical (unpaired) electrons. The van der Waals surface area contributed by atoms with Crippen molar-refractivity contribution < 1.29 is 14.0 Å². The van der Waals surface area contributed by atoms with Crippen LogP contribution in [0.3, 0.4) is 0 Å². The molecule has 6 aromatic rings. The molecule has 3 nitrogen and oxygen atoms in total. The number of aromatic carboxylic acids is 1. The monoisotopic (exact) mass is 578 g/mol. The van der Waals surface area contributed by atoms with E-state index in [1.807, 2.05) is 42.5 Å². The molecule has 6 rings (SSSR count). The first kappa shape index (κ1) is 27.4. The second kappa shape index (κ2) is 12.0. The lowest BCUT2D eigenvalue weighted by atomic mass is 10.2. The Morgan fingerprint density at radius 1 is 0.381 bits per heavy atom. The lowest BCUT2D eigenvalue weighted by Crippen LogP contribution is -2.81. The maximum atomic E-state index is 11.9. The maximum absolute atomic E-state index is 11.9. The smallest absolute Gasteiger partial charge is 0.335 e. The average Bonchev–Trinajstić information content (AvgIpc) is 3.08. The molecule has 0 aliphatic heterocycles. The molecule has 0 saturated carbocycles. The zero-order valence-corrected chi connectivity index (χ0v) is 25.0. The Morgan fingerprint density at radius 3 is 0.857 bits per heavy atom. The Kier molecular flexibility index (Phi) is 7.79. The van der Waals surface area contributed by atoms with Crippen LogP contribution in [-0.2, 0) is 4.12 Å². The van der Waals surface area contributed by atoms with Crippen molar-refractivity contribution in [1.82, 2.24) is 0 Å². The molecule has 6 aromatic carbocycles. The molecular formula is C37H30O3Si2. The summed E-state index contributed by atoms with van der Waals surface area (Å²) in [6.07, 6.45) is 0. The molecule has 0 aliphatic rings. The molecule has 0 amide bonds. The summed E-state index contributed by atoms with van der Waals surface area (Å²) >= 11 is 0. The van der Waals surface area contributed by atoms with Crippen LogP contribution in [0.4, 0.5) is 0 Å². The molecule has 0 aliphatic carbocycles. The Bertz CT molecular complexity index is 1610. The second-order valence-corrected chi connectivity index (χ2v) is 17.2. The van der Waals surface area contributed by atoms with E-state index in [1.165, 1.54) is 0 Å². The third-order valence-corrected chi connectivity index (χ3v) is 17.1. The number of carbonyl (C=O) groups is 1. The summed E-state index contributed by atoms with van der Waals surface area (Å²) in [4.78, 5) is 11.9. The van der Waals surface area contributed by atoms with Crippen LogP contribution >= 0.6 is 0 Å². The summed E-state index contributed by atoms with van der Waals surface area (Å²) in [6, 6.07) is 60.0. The Morgan fingerprint density at radius 2 is 0.619 bits per heavy atom. The van der Waals surface area contributed by atoms with Gasteiger partial charge < -0.3 is 9.22 Å². The van der Waals surface area contributed by atoms with E-state index < -0.39 is 22.6 Å². The fraction of sp³-hybridized carbons (Fsp3) is 0. The van der Waals surface area contributed by atoms with Gasteiger partial charge in [-0.2, -0.15) is 0 Å². The Labute approximate surface area is 248 Å². The zero-order valence-electron chi connectivity index (χ0n) is 23.0. The van der Waals surface area contributed by atoms with Crippen LogP contribution in [0.1, 0.15) is 10.4 Å². The van der Waals surface area contributed by atoms with Crippen molar-refractivity contribution in [3.8, 4) is 0 Å². The van der Waals surface area contributed by atoms with Gasteiger partial charge in [0.15, 0.2) is 0 Å². The van der Waals surface area contributed by atoms with Crippen LogP contribution in [0.2, 0.25) is 0 Å². The van der Waals surface area contributed by atoms with Crippen molar-refractivity contribution in [3.63, 3.8) is 0 Å². The SMILES string of the molecule is O=C(O)c1ccc([Si](O[Si](c2ccccc2)(c2ccccc2)c2ccccc2)(c2ccccc2)c2ccccc2)cc1. The van der Waals surface area contributed by atoms with Crippen LogP contribution in [0.5, 0.6) is 0 Å². The minimum atomic E-state index is -3.30. The van der Waals surface area contributed by atoms with Gasteiger partial charge in [0.25, 0.3) is 16.6 Å². The summed E-state index contributed by atoms with van der Waals surface area (Å²) in [7, 11) is -6.49. The van der Waals surface area contributed by atoms with Gasteiger partial charge in [-0.05, 0) is 43.3 Å². The predicted octanol–water partition coefficient (Wildman–Crippen LogP) is 4.04. The molecule has 0 fully saturated rings. The largest absolute Gasteiger partial charge is 0.478 e. The van der Waals surface area contributed by atoms with Crippen LogP contribution < -0.4 is 31.1 Å². The summed E-state index contributed by atoms with van der Waals surface area (Å²) in [6.45, 7) is 0. The van der Waals surface area contributed by atoms with Crippen molar-refractivity contribution in [2.45, 2.75) is 0 Å². The summed E-state index contributed by atoms with van der Waals surface area (Å²) < 4.78 is 8.17. The average molecular weight is 579 g/mol. The van der Waals surface area contributed by atoms with E-state index in [9.17, 15) is 9.90 Å². The van der Waals surface area contributed by atoms with E-state index in [2.05, 4.69) is 121 Å². The number of carboxylic acids is 1. The number of hydrogen-bond donors (Lipinski definition) is 1. The van der Waals surface area contributed by atoms with Crippen molar-refractivity contribution in [2.24, 2.45) is 0 Å². The van der Waals surface area contributed by atoms with Gasteiger partial charge >= 0.3 is 5.97 Å². The fourth-order valence-electron chi connectivity index (χ4n) is 5.80. The molecule has 0 bridgehead atoms. The zero-order chi connectivity index (χ0) is 28.8. The first-order chi connectivity index (χ1) is 20.6. The Balaban J connectivity index is 1.75. The van der Waals surface area contributed by atoms with Gasteiger partial charge in [-0.3, -0.25) is 0 Å². The fourth-order valence-corrected chi connectivity index (χ4v) is 16.4. The second-order valence-electron chi connectivity index (χ2n) is 10.2. The highest BCUT2D eigenvalue weighted by molar-refractivity contribution is 7.18. The van der Waals surface area contributed by atoms with E-state index >= 15 is 0 Å². The lowest BCUT2D eigenvalue weighted by Gasteiger charge is -2.44.